The Hall–Kier alpha value is -1.62. The van der Waals surface area contributed by atoms with E-state index in [1.54, 1.807) is 0 Å². The monoisotopic (exact) mass is 306 g/mol. The van der Waals surface area contributed by atoms with Crippen molar-refractivity contribution in [3.63, 3.8) is 0 Å². The fourth-order valence-electron chi connectivity index (χ4n) is 3.94. The molecule has 4 atom stereocenters. The van der Waals surface area contributed by atoms with E-state index in [9.17, 15) is 9.59 Å². The topological polar surface area (TPSA) is 61.8 Å². The van der Waals surface area contributed by atoms with Crippen LogP contribution in [0, 0.1) is 17.3 Å². The van der Waals surface area contributed by atoms with Crippen LogP contribution in [0.4, 0.5) is 0 Å². The number of allylic oxidation sites excluding steroid dienone is 2. The van der Waals surface area contributed by atoms with Gasteiger partial charge in [-0.1, -0.05) is 32.1 Å². The van der Waals surface area contributed by atoms with E-state index in [4.69, 9.17) is 14.2 Å². The second kappa shape index (κ2) is 5.23. The standard InChI is InChI=1S/C17H22O5/c1-5-10-7-17(3,4)8-12(10)14-11-6-13(19)21-15(11)22-16(14)20-9(2)18/h5,11,14-16H,1,6-8H2,2-4H3/t11-,14+,15+,16-/m0/s1. The second-order valence-corrected chi connectivity index (χ2v) is 7.14. The first-order valence-corrected chi connectivity index (χ1v) is 7.67. The summed E-state index contributed by atoms with van der Waals surface area (Å²) < 4.78 is 16.3. The van der Waals surface area contributed by atoms with Gasteiger partial charge in [-0.15, -0.1) is 0 Å². The molecular weight excluding hydrogens is 284 g/mol. The fourth-order valence-corrected chi connectivity index (χ4v) is 3.94. The summed E-state index contributed by atoms with van der Waals surface area (Å²) in [5, 5.41) is 0. The van der Waals surface area contributed by atoms with Crippen LogP contribution >= 0.6 is 0 Å². The van der Waals surface area contributed by atoms with Crippen molar-refractivity contribution in [3.8, 4) is 0 Å². The highest BCUT2D eigenvalue weighted by atomic mass is 16.8. The molecule has 0 amide bonds. The number of hydrogen-bond acceptors (Lipinski definition) is 5. The van der Waals surface area contributed by atoms with Crippen molar-refractivity contribution < 1.29 is 23.8 Å². The van der Waals surface area contributed by atoms with Crippen LogP contribution < -0.4 is 0 Å². The van der Waals surface area contributed by atoms with Crippen molar-refractivity contribution in [1.82, 2.24) is 0 Å². The Morgan fingerprint density at radius 2 is 2.14 bits per heavy atom. The van der Waals surface area contributed by atoms with E-state index in [2.05, 4.69) is 20.4 Å². The molecule has 2 saturated heterocycles. The molecule has 120 valence electrons. The Labute approximate surface area is 130 Å². The number of fused-ring (bicyclic) bond motifs is 1. The highest BCUT2D eigenvalue weighted by molar-refractivity contribution is 5.72. The van der Waals surface area contributed by atoms with Gasteiger partial charge in [0, 0.05) is 12.8 Å². The molecule has 0 saturated carbocycles. The van der Waals surface area contributed by atoms with Gasteiger partial charge in [-0.2, -0.15) is 0 Å². The number of ether oxygens (including phenoxy) is 3. The van der Waals surface area contributed by atoms with Gasteiger partial charge in [0.15, 0.2) is 0 Å². The Kier molecular flexibility index (Phi) is 3.63. The van der Waals surface area contributed by atoms with E-state index >= 15 is 0 Å². The van der Waals surface area contributed by atoms with E-state index in [1.165, 1.54) is 18.1 Å². The van der Waals surface area contributed by atoms with Crippen LogP contribution in [0.1, 0.15) is 40.0 Å². The highest BCUT2D eigenvalue weighted by Gasteiger charge is 2.55. The van der Waals surface area contributed by atoms with E-state index < -0.39 is 12.6 Å². The number of rotatable bonds is 3. The third kappa shape index (κ3) is 2.58. The van der Waals surface area contributed by atoms with Crippen molar-refractivity contribution in [2.75, 3.05) is 0 Å². The molecule has 0 N–H and O–H groups in total. The SMILES string of the molecule is C=CC1=C([C@@H]2[C@@H](OC(C)=O)O[C@H]3OC(=O)C[C@H]32)CC(C)(C)C1. The van der Waals surface area contributed by atoms with Gasteiger partial charge >= 0.3 is 11.9 Å². The quantitative estimate of drug-likeness (QED) is 0.750. The predicted octanol–water partition coefficient (Wildman–Crippen LogP) is 2.71. The predicted molar refractivity (Wildman–Crippen MR) is 78.4 cm³/mol. The van der Waals surface area contributed by atoms with Crippen LogP contribution in [-0.4, -0.2) is 24.5 Å². The summed E-state index contributed by atoms with van der Waals surface area (Å²) in [6, 6.07) is 0. The zero-order valence-corrected chi connectivity index (χ0v) is 13.3. The van der Waals surface area contributed by atoms with Crippen LogP contribution in [0.2, 0.25) is 0 Å². The summed E-state index contributed by atoms with van der Waals surface area (Å²) in [6.07, 6.45) is 2.71. The number of carbonyl (C=O) groups is 2. The lowest BCUT2D eigenvalue weighted by Gasteiger charge is -2.24. The van der Waals surface area contributed by atoms with E-state index in [0.717, 1.165) is 12.8 Å². The number of hydrogen-bond donors (Lipinski definition) is 0. The average molecular weight is 306 g/mol. The van der Waals surface area contributed by atoms with Crippen molar-refractivity contribution in [1.29, 1.82) is 0 Å². The molecule has 2 aliphatic heterocycles. The second-order valence-electron chi connectivity index (χ2n) is 7.14. The van der Waals surface area contributed by atoms with Crippen LogP contribution in [0.3, 0.4) is 0 Å². The molecule has 5 nitrogen and oxygen atoms in total. The molecule has 0 spiro atoms. The first-order valence-electron chi connectivity index (χ1n) is 7.67. The first kappa shape index (κ1) is 15.3. The summed E-state index contributed by atoms with van der Waals surface area (Å²) in [5.41, 5.74) is 2.51. The summed E-state index contributed by atoms with van der Waals surface area (Å²) in [7, 11) is 0. The molecule has 5 heteroatoms. The Bertz CT molecular complexity index is 559. The van der Waals surface area contributed by atoms with Crippen LogP contribution in [0.5, 0.6) is 0 Å². The molecule has 0 aromatic heterocycles. The molecule has 0 bridgehead atoms. The third-order valence-corrected chi connectivity index (χ3v) is 4.70. The molecule has 2 heterocycles. The molecule has 0 aromatic rings. The Morgan fingerprint density at radius 3 is 2.77 bits per heavy atom. The largest absolute Gasteiger partial charge is 0.435 e. The molecule has 0 radical (unpaired) electrons. The van der Waals surface area contributed by atoms with Crippen molar-refractivity contribution in [2.24, 2.45) is 17.3 Å². The molecular formula is C17H22O5. The molecule has 3 rings (SSSR count). The van der Waals surface area contributed by atoms with Gasteiger partial charge in [0.2, 0.25) is 12.6 Å². The van der Waals surface area contributed by atoms with Gasteiger partial charge in [0.05, 0.1) is 12.3 Å². The maximum atomic E-state index is 11.6. The molecule has 2 fully saturated rings. The third-order valence-electron chi connectivity index (χ3n) is 4.70. The highest BCUT2D eigenvalue weighted by Crippen LogP contribution is 2.52. The van der Waals surface area contributed by atoms with Crippen LogP contribution in [0.15, 0.2) is 23.8 Å². The number of esters is 2. The van der Waals surface area contributed by atoms with E-state index in [-0.39, 0.29) is 29.2 Å². The lowest BCUT2D eigenvalue weighted by atomic mass is 9.81. The van der Waals surface area contributed by atoms with Gasteiger partial charge in [-0.3, -0.25) is 9.59 Å². The zero-order chi connectivity index (χ0) is 16.1. The zero-order valence-electron chi connectivity index (χ0n) is 13.3. The maximum absolute atomic E-state index is 11.6. The van der Waals surface area contributed by atoms with E-state index in [0.29, 0.717) is 6.42 Å². The van der Waals surface area contributed by atoms with Gasteiger partial charge in [0.25, 0.3) is 0 Å². The smallest absolute Gasteiger partial charge is 0.308 e. The normalized spacial score (nSPS) is 36.2. The minimum absolute atomic E-state index is 0.0873. The molecule has 0 aromatic carbocycles. The summed E-state index contributed by atoms with van der Waals surface area (Å²) in [6.45, 7) is 9.68. The van der Waals surface area contributed by atoms with Crippen LogP contribution in [0.25, 0.3) is 0 Å². The van der Waals surface area contributed by atoms with Gasteiger partial charge in [0.1, 0.15) is 0 Å². The lowest BCUT2D eigenvalue weighted by Crippen LogP contribution is -2.28. The summed E-state index contributed by atoms with van der Waals surface area (Å²) in [4.78, 5) is 23.0. The van der Waals surface area contributed by atoms with Crippen molar-refractivity contribution in [2.45, 2.75) is 52.6 Å². The molecule has 22 heavy (non-hydrogen) atoms. The lowest BCUT2D eigenvalue weighted by molar-refractivity contribution is -0.207. The Morgan fingerprint density at radius 1 is 1.41 bits per heavy atom. The molecule has 0 unspecified atom stereocenters. The van der Waals surface area contributed by atoms with Gasteiger partial charge in [-0.25, -0.2) is 0 Å². The van der Waals surface area contributed by atoms with Crippen molar-refractivity contribution >= 4 is 11.9 Å². The summed E-state index contributed by atoms with van der Waals surface area (Å²) >= 11 is 0. The fraction of sp³-hybridized carbons (Fsp3) is 0.647. The minimum atomic E-state index is -0.681. The van der Waals surface area contributed by atoms with Crippen LogP contribution in [-0.2, 0) is 23.8 Å². The first-order chi connectivity index (χ1) is 10.3. The van der Waals surface area contributed by atoms with Gasteiger partial charge < -0.3 is 14.2 Å². The summed E-state index contributed by atoms with van der Waals surface area (Å²) in [5.74, 6) is -0.857. The molecule has 3 aliphatic rings. The number of carbonyl (C=O) groups excluding carboxylic acids is 2. The molecule has 1 aliphatic carbocycles. The van der Waals surface area contributed by atoms with Crippen molar-refractivity contribution in [3.05, 3.63) is 23.8 Å². The minimum Gasteiger partial charge on any atom is -0.435 e. The van der Waals surface area contributed by atoms with Gasteiger partial charge in [-0.05, 0) is 23.8 Å². The average Bonchev–Trinajstić information content (AvgIpc) is 2.98. The maximum Gasteiger partial charge on any atom is 0.308 e. The Balaban J connectivity index is 1.94. The van der Waals surface area contributed by atoms with E-state index in [1.807, 2.05) is 6.08 Å².